The van der Waals surface area contributed by atoms with Crippen molar-refractivity contribution in [3.05, 3.63) is 27.2 Å². The lowest BCUT2D eigenvalue weighted by Crippen LogP contribution is -2.22. The molecule has 0 radical (unpaired) electrons. The molecule has 15 heavy (non-hydrogen) atoms. The van der Waals surface area contributed by atoms with Crippen molar-refractivity contribution in [1.82, 2.24) is 0 Å². The summed E-state index contributed by atoms with van der Waals surface area (Å²) in [5.41, 5.74) is 0.0657. The second-order valence-corrected chi connectivity index (χ2v) is 4.31. The lowest BCUT2D eigenvalue weighted by molar-refractivity contribution is -0.0162. The summed E-state index contributed by atoms with van der Waals surface area (Å²) in [4.78, 5) is 0. The number of aliphatic hydroxyl groups excluding tert-OH is 3. The van der Waals surface area contributed by atoms with Gasteiger partial charge in [0.15, 0.2) is 0 Å². The van der Waals surface area contributed by atoms with E-state index in [0.29, 0.717) is 9.50 Å². The summed E-state index contributed by atoms with van der Waals surface area (Å²) in [5, 5.41) is 37.3. The van der Waals surface area contributed by atoms with Crippen molar-refractivity contribution in [2.24, 2.45) is 0 Å². The Labute approximate surface area is 99.9 Å². The number of phenols is 1. The quantitative estimate of drug-likeness (QED) is 0.676. The molecule has 84 valence electrons. The highest BCUT2D eigenvalue weighted by Gasteiger charge is 2.22. The van der Waals surface area contributed by atoms with Crippen molar-refractivity contribution in [1.29, 1.82) is 0 Å². The maximum absolute atomic E-state index is 9.58. The summed E-state index contributed by atoms with van der Waals surface area (Å²) in [5.74, 6) is -0.209. The van der Waals surface area contributed by atoms with Crippen LogP contribution in [0, 0.1) is 0 Å². The van der Waals surface area contributed by atoms with Crippen LogP contribution in [-0.2, 0) is 0 Å². The number of rotatable bonds is 3. The molecular formula is C9H10BrClO4. The first-order valence-corrected chi connectivity index (χ1v) is 5.29. The van der Waals surface area contributed by atoms with E-state index in [1.54, 1.807) is 0 Å². The molecule has 0 fully saturated rings. The minimum Gasteiger partial charge on any atom is -0.506 e. The number of halogens is 2. The Morgan fingerprint density at radius 3 is 2.47 bits per heavy atom. The van der Waals surface area contributed by atoms with Crippen LogP contribution in [0.5, 0.6) is 5.75 Å². The van der Waals surface area contributed by atoms with E-state index in [9.17, 15) is 15.3 Å². The van der Waals surface area contributed by atoms with Gasteiger partial charge in [0.05, 0.1) is 11.1 Å². The fourth-order valence-corrected chi connectivity index (χ4v) is 1.95. The highest BCUT2D eigenvalue weighted by Crippen LogP contribution is 2.36. The van der Waals surface area contributed by atoms with Gasteiger partial charge in [0.25, 0.3) is 0 Å². The predicted octanol–water partition coefficient (Wildman–Crippen LogP) is 1.19. The van der Waals surface area contributed by atoms with Crippen LogP contribution in [0.2, 0.25) is 5.02 Å². The minimum absolute atomic E-state index is 0.0657. The maximum Gasteiger partial charge on any atom is 0.135 e. The predicted molar refractivity (Wildman–Crippen MR) is 58.9 cm³/mol. The average Bonchev–Trinajstić information content (AvgIpc) is 2.21. The Hall–Kier alpha value is -0.330. The largest absolute Gasteiger partial charge is 0.506 e. The van der Waals surface area contributed by atoms with Gasteiger partial charge in [-0.25, -0.2) is 0 Å². The number of aromatic hydroxyl groups is 1. The molecule has 2 unspecified atom stereocenters. The molecule has 0 spiro atoms. The van der Waals surface area contributed by atoms with E-state index in [1.807, 2.05) is 0 Å². The Morgan fingerprint density at radius 1 is 1.33 bits per heavy atom. The van der Waals surface area contributed by atoms with E-state index in [2.05, 4.69) is 15.9 Å². The highest BCUT2D eigenvalue weighted by atomic mass is 79.9. The summed E-state index contributed by atoms with van der Waals surface area (Å²) < 4.78 is 0.314. The topological polar surface area (TPSA) is 80.9 Å². The normalized spacial score (nSPS) is 15.0. The SMILES string of the molecule is OCC(O)C(O)c1cc(Cl)cc(Br)c1O. The first-order valence-electron chi connectivity index (χ1n) is 4.12. The van der Waals surface area contributed by atoms with Crippen LogP contribution in [0.15, 0.2) is 16.6 Å². The van der Waals surface area contributed by atoms with Crippen LogP contribution >= 0.6 is 27.5 Å². The zero-order chi connectivity index (χ0) is 11.6. The van der Waals surface area contributed by atoms with Gasteiger partial charge in [-0.1, -0.05) is 11.6 Å². The van der Waals surface area contributed by atoms with Crippen LogP contribution < -0.4 is 0 Å². The fraction of sp³-hybridized carbons (Fsp3) is 0.333. The Balaban J connectivity index is 3.13. The van der Waals surface area contributed by atoms with Gasteiger partial charge in [0.1, 0.15) is 18.0 Å². The standard InChI is InChI=1S/C9H10BrClO4/c10-6-2-4(11)1-5(8(6)14)9(15)7(13)3-12/h1-2,7,9,12-15H,3H2. The fourth-order valence-electron chi connectivity index (χ4n) is 1.12. The summed E-state index contributed by atoms with van der Waals surface area (Å²) >= 11 is 8.76. The molecule has 0 bridgehead atoms. The Kier molecular flexibility index (Phi) is 4.36. The summed E-state index contributed by atoms with van der Waals surface area (Å²) in [7, 11) is 0. The van der Waals surface area contributed by atoms with Gasteiger partial charge in [-0.3, -0.25) is 0 Å². The van der Waals surface area contributed by atoms with Crippen molar-refractivity contribution in [2.45, 2.75) is 12.2 Å². The van der Waals surface area contributed by atoms with Gasteiger partial charge >= 0.3 is 0 Å². The number of hydrogen-bond donors (Lipinski definition) is 4. The number of benzene rings is 1. The molecule has 4 nitrogen and oxygen atoms in total. The molecule has 1 aromatic carbocycles. The third-order valence-corrected chi connectivity index (χ3v) is 2.75. The lowest BCUT2D eigenvalue weighted by Gasteiger charge is -2.17. The van der Waals surface area contributed by atoms with Crippen LogP contribution in [0.4, 0.5) is 0 Å². The summed E-state index contributed by atoms with van der Waals surface area (Å²) in [6.45, 7) is -0.606. The third-order valence-electron chi connectivity index (χ3n) is 1.93. The van der Waals surface area contributed by atoms with Gasteiger partial charge in [0, 0.05) is 10.6 Å². The number of phenolic OH excluding ortho intramolecular Hbond substituents is 1. The van der Waals surface area contributed by atoms with Gasteiger partial charge in [-0.05, 0) is 28.1 Å². The lowest BCUT2D eigenvalue weighted by atomic mass is 10.0. The van der Waals surface area contributed by atoms with Crippen molar-refractivity contribution in [3.63, 3.8) is 0 Å². The first kappa shape index (κ1) is 12.7. The van der Waals surface area contributed by atoms with Gasteiger partial charge in [-0.2, -0.15) is 0 Å². The molecule has 6 heteroatoms. The second kappa shape index (κ2) is 5.14. The minimum atomic E-state index is -1.38. The number of aliphatic hydroxyl groups is 3. The molecule has 1 aromatic rings. The Bertz CT molecular complexity index is 358. The van der Waals surface area contributed by atoms with E-state index in [-0.39, 0.29) is 11.3 Å². The van der Waals surface area contributed by atoms with E-state index in [4.69, 9.17) is 16.7 Å². The average molecular weight is 298 g/mol. The third kappa shape index (κ3) is 2.83. The molecule has 0 aliphatic rings. The number of hydrogen-bond acceptors (Lipinski definition) is 4. The van der Waals surface area contributed by atoms with E-state index in [0.717, 1.165) is 0 Å². The molecule has 0 amide bonds. The van der Waals surface area contributed by atoms with Crippen molar-refractivity contribution < 1.29 is 20.4 Å². The molecular weight excluding hydrogens is 287 g/mol. The summed E-state index contributed by atoms with van der Waals surface area (Å²) in [6.07, 6.45) is -2.74. The molecule has 0 saturated carbocycles. The first-order chi connectivity index (χ1) is 6.97. The van der Waals surface area contributed by atoms with E-state index < -0.39 is 18.8 Å². The molecule has 0 saturated heterocycles. The molecule has 2 atom stereocenters. The van der Waals surface area contributed by atoms with Gasteiger partial charge < -0.3 is 20.4 Å². The van der Waals surface area contributed by atoms with Gasteiger partial charge in [-0.15, -0.1) is 0 Å². The highest BCUT2D eigenvalue weighted by molar-refractivity contribution is 9.10. The molecule has 0 aromatic heterocycles. The van der Waals surface area contributed by atoms with Crippen LogP contribution in [-0.4, -0.2) is 33.1 Å². The van der Waals surface area contributed by atoms with E-state index in [1.165, 1.54) is 12.1 Å². The zero-order valence-electron chi connectivity index (χ0n) is 7.56. The Morgan fingerprint density at radius 2 is 1.93 bits per heavy atom. The molecule has 4 N–H and O–H groups in total. The monoisotopic (exact) mass is 296 g/mol. The zero-order valence-corrected chi connectivity index (χ0v) is 9.90. The van der Waals surface area contributed by atoms with Crippen LogP contribution in [0.3, 0.4) is 0 Å². The van der Waals surface area contributed by atoms with Gasteiger partial charge in [0.2, 0.25) is 0 Å². The van der Waals surface area contributed by atoms with E-state index >= 15 is 0 Å². The molecule has 0 heterocycles. The molecule has 0 aliphatic heterocycles. The molecule has 0 aliphatic carbocycles. The maximum atomic E-state index is 9.58. The summed E-state index contributed by atoms with van der Waals surface area (Å²) in [6, 6.07) is 2.78. The van der Waals surface area contributed by atoms with Crippen molar-refractivity contribution >= 4 is 27.5 Å². The van der Waals surface area contributed by atoms with Crippen molar-refractivity contribution in [2.75, 3.05) is 6.61 Å². The van der Waals surface area contributed by atoms with Crippen LogP contribution in [0.25, 0.3) is 0 Å². The molecule has 1 rings (SSSR count). The second-order valence-electron chi connectivity index (χ2n) is 3.02. The van der Waals surface area contributed by atoms with Crippen molar-refractivity contribution in [3.8, 4) is 5.75 Å². The van der Waals surface area contributed by atoms with Crippen LogP contribution in [0.1, 0.15) is 11.7 Å². The smallest absolute Gasteiger partial charge is 0.135 e.